The van der Waals surface area contributed by atoms with Crippen LogP contribution in [0.25, 0.3) is 0 Å². The number of nitrogens with one attached hydrogen (secondary N) is 1. The van der Waals surface area contributed by atoms with Gasteiger partial charge in [-0.05, 0) is 17.6 Å². The lowest BCUT2D eigenvalue weighted by atomic mass is 10.1. The van der Waals surface area contributed by atoms with Crippen molar-refractivity contribution >= 4 is 17.7 Å². The van der Waals surface area contributed by atoms with E-state index in [4.69, 9.17) is 0 Å². The highest BCUT2D eigenvalue weighted by Gasteiger charge is 2.02. The zero-order valence-electron chi connectivity index (χ0n) is 9.09. The van der Waals surface area contributed by atoms with Crippen molar-refractivity contribution < 1.29 is 4.79 Å². The maximum atomic E-state index is 11.2. The molecule has 0 radical (unpaired) electrons. The third-order valence-electron chi connectivity index (χ3n) is 1.59. The van der Waals surface area contributed by atoms with Gasteiger partial charge in [-0.15, -0.1) is 11.8 Å². The molecular weight excluding hydrogens is 182 g/mol. The van der Waals surface area contributed by atoms with Gasteiger partial charge in [-0.1, -0.05) is 27.7 Å². The molecule has 3 heteroatoms. The van der Waals surface area contributed by atoms with Crippen LogP contribution in [0.4, 0.5) is 0 Å². The molecule has 0 heterocycles. The minimum absolute atomic E-state index is 0.166. The normalized spacial score (nSPS) is 10.9. The average Bonchev–Trinajstić information content (AvgIpc) is 2.00. The molecule has 0 aliphatic rings. The second-order valence-corrected chi connectivity index (χ2v) is 5.46. The summed E-state index contributed by atoms with van der Waals surface area (Å²) in [5, 5.41) is 3.45. The molecule has 0 saturated carbocycles. The molecule has 0 aliphatic heterocycles. The predicted octanol–water partition coefficient (Wildman–Crippen LogP) is 2.29. The molecule has 0 aromatic rings. The highest BCUT2D eigenvalue weighted by Crippen LogP contribution is 2.07. The first kappa shape index (κ1) is 12.8. The van der Waals surface area contributed by atoms with Gasteiger partial charge in [-0.25, -0.2) is 0 Å². The summed E-state index contributed by atoms with van der Waals surface area (Å²) in [6, 6.07) is 0. The minimum Gasteiger partial charge on any atom is -0.355 e. The Morgan fingerprint density at radius 1 is 1.31 bits per heavy atom. The zero-order chi connectivity index (χ0) is 10.3. The summed E-state index contributed by atoms with van der Waals surface area (Å²) in [7, 11) is 0. The van der Waals surface area contributed by atoms with Crippen molar-refractivity contribution in [3.63, 3.8) is 0 Å². The Hall–Kier alpha value is -0.180. The molecule has 0 unspecified atom stereocenters. The van der Waals surface area contributed by atoms with E-state index >= 15 is 0 Å². The molecule has 0 aromatic carbocycles. The molecule has 0 aliphatic carbocycles. The summed E-state index contributed by atoms with van der Waals surface area (Å²) >= 11 is 1.69. The van der Waals surface area contributed by atoms with Crippen molar-refractivity contribution in [2.45, 2.75) is 39.4 Å². The van der Waals surface area contributed by atoms with Crippen molar-refractivity contribution in [1.29, 1.82) is 0 Å². The summed E-state index contributed by atoms with van der Waals surface area (Å²) in [6.45, 7) is 9.34. The Kier molecular flexibility index (Phi) is 7.14. The minimum atomic E-state index is 0.166. The lowest BCUT2D eigenvalue weighted by molar-refractivity contribution is -0.118. The highest BCUT2D eigenvalue weighted by atomic mass is 32.2. The molecule has 78 valence electrons. The van der Waals surface area contributed by atoms with E-state index in [1.807, 2.05) is 0 Å². The van der Waals surface area contributed by atoms with E-state index in [9.17, 15) is 4.79 Å². The van der Waals surface area contributed by atoms with Crippen molar-refractivity contribution in [1.82, 2.24) is 5.32 Å². The molecule has 0 aromatic heterocycles. The molecule has 0 fully saturated rings. The summed E-state index contributed by atoms with van der Waals surface area (Å²) in [6.07, 6.45) is 1.07. The zero-order valence-corrected chi connectivity index (χ0v) is 9.91. The van der Waals surface area contributed by atoms with Crippen molar-refractivity contribution in [2.75, 3.05) is 12.3 Å². The Bertz CT molecular complexity index is 146. The van der Waals surface area contributed by atoms with Gasteiger partial charge in [0.15, 0.2) is 0 Å². The smallest absolute Gasteiger partial charge is 0.230 e. The van der Waals surface area contributed by atoms with Gasteiger partial charge >= 0.3 is 0 Å². The van der Waals surface area contributed by atoms with E-state index in [0.29, 0.717) is 16.9 Å². The molecule has 0 atom stereocenters. The number of carbonyl (C=O) groups excluding carboxylic acids is 1. The molecule has 0 bridgehead atoms. The van der Waals surface area contributed by atoms with Crippen LogP contribution in [0, 0.1) is 5.92 Å². The van der Waals surface area contributed by atoms with Crippen molar-refractivity contribution in [2.24, 2.45) is 5.92 Å². The van der Waals surface area contributed by atoms with Crippen LogP contribution in [-0.4, -0.2) is 23.5 Å². The molecule has 0 spiro atoms. The maximum absolute atomic E-state index is 11.2. The second-order valence-electron chi connectivity index (χ2n) is 3.89. The van der Waals surface area contributed by atoms with Gasteiger partial charge in [0.2, 0.25) is 5.91 Å². The van der Waals surface area contributed by atoms with Gasteiger partial charge in [-0.2, -0.15) is 0 Å². The Morgan fingerprint density at radius 2 is 1.92 bits per heavy atom. The summed E-state index contributed by atoms with van der Waals surface area (Å²) in [5.41, 5.74) is 0. The van der Waals surface area contributed by atoms with Gasteiger partial charge in [-0.3, -0.25) is 4.79 Å². The fraction of sp³-hybridized carbons (Fsp3) is 0.900. The van der Waals surface area contributed by atoms with Crippen LogP contribution < -0.4 is 5.32 Å². The Labute approximate surface area is 85.9 Å². The van der Waals surface area contributed by atoms with Crippen LogP contribution in [0.3, 0.4) is 0 Å². The summed E-state index contributed by atoms with van der Waals surface area (Å²) in [5.74, 6) is 1.42. The first-order chi connectivity index (χ1) is 6.02. The van der Waals surface area contributed by atoms with Gasteiger partial charge in [0.25, 0.3) is 0 Å². The Balaban J connectivity index is 3.30. The number of amides is 1. The Morgan fingerprint density at radius 3 is 2.38 bits per heavy atom. The molecule has 13 heavy (non-hydrogen) atoms. The third-order valence-corrected chi connectivity index (χ3v) is 2.69. The predicted molar refractivity (Wildman–Crippen MR) is 60.1 cm³/mol. The van der Waals surface area contributed by atoms with E-state index < -0.39 is 0 Å². The van der Waals surface area contributed by atoms with E-state index in [1.165, 1.54) is 0 Å². The van der Waals surface area contributed by atoms with E-state index in [1.54, 1.807) is 11.8 Å². The molecule has 2 nitrogen and oxygen atoms in total. The van der Waals surface area contributed by atoms with E-state index in [2.05, 4.69) is 33.0 Å². The quantitative estimate of drug-likeness (QED) is 0.717. The lowest BCUT2D eigenvalue weighted by Crippen LogP contribution is -2.27. The van der Waals surface area contributed by atoms with Crippen LogP contribution in [0.5, 0.6) is 0 Å². The van der Waals surface area contributed by atoms with Crippen molar-refractivity contribution in [3.05, 3.63) is 0 Å². The topological polar surface area (TPSA) is 29.1 Å². The number of hydrogen-bond acceptors (Lipinski definition) is 2. The fourth-order valence-electron chi connectivity index (χ4n) is 0.794. The number of hydrogen-bond donors (Lipinski definition) is 1. The monoisotopic (exact) mass is 203 g/mol. The average molecular weight is 203 g/mol. The maximum Gasteiger partial charge on any atom is 0.230 e. The van der Waals surface area contributed by atoms with Gasteiger partial charge in [0.1, 0.15) is 0 Å². The standard InChI is InChI=1S/C10H21NOS/c1-8(2)5-6-11-10(12)7-13-9(3)4/h8-9H,5-7H2,1-4H3,(H,11,12). The van der Waals surface area contributed by atoms with Crippen LogP contribution in [0.15, 0.2) is 0 Å². The van der Waals surface area contributed by atoms with Gasteiger partial charge < -0.3 is 5.32 Å². The SMILES string of the molecule is CC(C)CCNC(=O)CSC(C)C. The van der Waals surface area contributed by atoms with Crippen LogP contribution in [0.1, 0.15) is 34.1 Å². The fourth-order valence-corrected chi connectivity index (χ4v) is 1.38. The molecule has 1 amide bonds. The van der Waals surface area contributed by atoms with E-state index in [0.717, 1.165) is 13.0 Å². The molecule has 0 rings (SSSR count). The highest BCUT2D eigenvalue weighted by molar-refractivity contribution is 8.00. The lowest BCUT2D eigenvalue weighted by Gasteiger charge is -2.07. The van der Waals surface area contributed by atoms with Crippen molar-refractivity contribution in [3.8, 4) is 0 Å². The summed E-state index contributed by atoms with van der Waals surface area (Å²) in [4.78, 5) is 11.2. The molecule has 0 saturated heterocycles. The second kappa shape index (κ2) is 7.25. The van der Waals surface area contributed by atoms with E-state index in [-0.39, 0.29) is 5.91 Å². The number of rotatable bonds is 6. The van der Waals surface area contributed by atoms with Crippen LogP contribution >= 0.6 is 11.8 Å². The van der Waals surface area contributed by atoms with Crippen LogP contribution in [0.2, 0.25) is 0 Å². The summed E-state index contributed by atoms with van der Waals surface area (Å²) < 4.78 is 0. The largest absolute Gasteiger partial charge is 0.355 e. The number of carbonyl (C=O) groups is 1. The van der Waals surface area contributed by atoms with Gasteiger partial charge in [0, 0.05) is 6.54 Å². The third kappa shape index (κ3) is 9.74. The first-order valence-corrected chi connectivity index (χ1v) is 5.95. The first-order valence-electron chi connectivity index (χ1n) is 4.90. The van der Waals surface area contributed by atoms with Crippen LogP contribution in [-0.2, 0) is 4.79 Å². The number of thioether (sulfide) groups is 1. The van der Waals surface area contributed by atoms with Gasteiger partial charge in [0.05, 0.1) is 5.75 Å². The molecule has 1 N–H and O–H groups in total. The molecular formula is C10H21NOS.